The predicted octanol–water partition coefficient (Wildman–Crippen LogP) is 4.50. The Morgan fingerprint density at radius 2 is 1.90 bits per heavy atom. The summed E-state index contributed by atoms with van der Waals surface area (Å²) in [6, 6.07) is 16.7. The second-order valence-corrected chi connectivity index (χ2v) is 9.27. The van der Waals surface area contributed by atoms with E-state index in [0.29, 0.717) is 12.1 Å². The van der Waals surface area contributed by atoms with Gasteiger partial charge in [-0.2, -0.15) is 0 Å². The van der Waals surface area contributed by atoms with E-state index in [1.807, 2.05) is 49.5 Å². The summed E-state index contributed by atoms with van der Waals surface area (Å²) < 4.78 is 28.8. The summed E-state index contributed by atoms with van der Waals surface area (Å²) in [6.45, 7) is 0.560. The first-order valence-electron chi connectivity index (χ1n) is 8.96. The summed E-state index contributed by atoms with van der Waals surface area (Å²) in [4.78, 5) is 4.11. The normalized spacial score (nSPS) is 11.7. The van der Waals surface area contributed by atoms with E-state index in [9.17, 15) is 8.42 Å². The number of nitrogens with one attached hydrogen (secondary N) is 2. The molecule has 0 saturated heterocycles. The number of aromatic nitrogens is 2. The highest BCUT2D eigenvalue weighted by Crippen LogP contribution is 2.30. The number of nitrogens with zero attached hydrogens (tertiary/aromatic N) is 2. The van der Waals surface area contributed by atoms with E-state index in [4.69, 9.17) is 0 Å². The highest BCUT2D eigenvalue weighted by Gasteiger charge is 2.21. The maximum atomic E-state index is 13.3. The van der Waals surface area contributed by atoms with Crippen LogP contribution >= 0.6 is 15.9 Å². The molecule has 0 atom stereocenters. The number of hydrogen-bond donors (Lipinski definition) is 2. The molecule has 2 heterocycles. The molecule has 0 aliphatic carbocycles. The Kier molecular flexibility index (Phi) is 5.40. The fourth-order valence-corrected chi connectivity index (χ4v) is 4.97. The summed E-state index contributed by atoms with van der Waals surface area (Å²) in [5.41, 5.74) is 3.22. The van der Waals surface area contributed by atoms with Gasteiger partial charge in [-0.3, -0.25) is 4.98 Å². The zero-order valence-corrected chi connectivity index (χ0v) is 18.0. The average molecular weight is 471 g/mol. The molecule has 2 aromatic heterocycles. The van der Waals surface area contributed by atoms with Crippen LogP contribution in [-0.2, 0) is 16.6 Å². The van der Waals surface area contributed by atoms with Gasteiger partial charge in [0.1, 0.15) is 4.90 Å². The van der Waals surface area contributed by atoms with Crippen LogP contribution in [-0.4, -0.2) is 24.4 Å². The number of hydrogen-bond acceptors (Lipinski definition) is 5. The van der Waals surface area contributed by atoms with Crippen LogP contribution in [0, 0.1) is 0 Å². The molecular formula is C21H19BrN4O2S. The first-order valence-corrected chi connectivity index (χ1v) is 11.2. The lowest BCUT2D eigenvalue weighted by Crippen LogP contribution is -2.12. The van der Waals surface area contributed by atoms with Gasteiger partial charge < -0.3 is 10.6 Å². The van der Waals surface area contributed by atoms with Gasteiger partial charge >= 0.3 is 0 Å². The van der Waals surface area contributed by atoms with Crippen molar-refractivity contribution >= 4 is 48.2 Å². The number of benzene rings is 2. The fourth-order valence-electron chi connectivity index (χ4n) is 3.22. The van der Waals surface area contributed by atoms with Crippen molar-refractivity contribution in [2.24, 2.45) is 0 Å². The van der Waals surface area contributed by atoms with Crippen molar-refractivity contribution < 1.29 is 8.42 Å². The SMILES string of the molecule is CNCc1cn(S(=O)(=O)c2cccnc2)c2cc(Nc3cccc(Br)c3)ccc12. The molecule has 0 fully saturated rings. The maximum absolute atomic E-state index is 13.3. The van der Waals surface area contributed by atoms with E-state index < -0.39 is 10.0 Å². The van der Waals surface area contributed by atoms with Gasteiger partial charge in [-0.15, -0.1) is 0 Å². The van der Waals surface area contributed by atoms with Gasteiger partial charge in [0.05, 0.1) is 5.52 Å². The Balaban J connectivity index is 1.85. The third-order valence-electron chi connectivity index (χ3n) is 4.53. The molecule has 0 aliphatic rings. The summed E-state index contributed by atoms with van der Waals surface area (Å²) >= 11 is 3.46. The Bertz CT molecular complexity index is 1270. The van der Waals surface area contributed by atoms with Crippen molar-refractivity contribution in [3.05, 3.63) is 83.2 Å². The second kappa shape index (κ2) is 7.98. The number of anilines is 2. The molecule has 29 heavy (non-hydrogen) atoms. The van der Waals surface area contributed by atoms with Gasteiger partial charge in [0, 0.05) is 46.4 Å². The molecule has 0 unspecified atom stereocenters. The van der Waals surface area contributed by atoms with E-state index in [1.54, 1.807) is 24.5 Å². The van der Waals surface area contributed by atoms with Crippen molar-refractivity contribution in [3.8, 4) is 0 Å². The third kappa shape index (κ3) is 3.91. The minimum absolute atomic E-state index is 0.151. The molecule has 0 saturated carbocycles. The van der Waals surface area contributed by atoms with Gasteiger partial charge in [0.15, 0.2) is 0 Å². The smallest absolute Gasteiger partial charge is 0.269 e. The summed E-state index contributed by atoms with van der Waals surface area (Å²) in [7, 11) is -1.93. The topological polar surface area (TPSA) is 76.0 Å². The van der Waals surface area contributed by atoms with Crippen LogP contribution in [0.4, 0.5) is 11.4 Å². The van der Waals surface area contributed by atoms with Crippen molar-refractivity contribution in [2.75, 3.05) is 12.4 Å². The molecule has 2 aromatic carbocycles. The molecule has 4 aromatic rings. The summed E-state index contributed by atoms with van der Waals surface area (Å²) in [5.74, 6) is 0. The van der Waals surface area contributed by atoms with Crippen LogP contribution in [0.15, 0.2) is 82.6 Å². The number of halogens is 1. The van der Waals surface area contributed by atoms with E-state index >= 15 is 0 Å². The first kappa shape index (κ1) is 19.6. The van der Waals surface area contributed by atoms with Crippen molar-refractivity contribution in [3.63, 3.8) is 0 Å². The molecule has 148 valence electrons. The van der Waals surface area contributed by atoms with Crippen molar-refractivity contribution in [2.45, 2.75) is 11.4 Å². The van der Waals surface area contributed by atoms with E-state index in [1.165, 1.54) is 10.2 Å². The van der Waals surface area contributed by atoms with Crippen LogP contribution in [0.1, 0.15) is 5.56 Å². The zero-order chi connectivity index (χ0) is 20.4. The van der Waals surface area contributed by atoms with Gasteiger partial charge in [0.25, 0.3) is 10.0 Å². The molecule has 0 aliphatic heterocycles. The van der Waals surface area contributed by atoms with Gasteiger partial charge in [-0.1, -0.05) is 28.1 Å². The molecule has 6 nitrogen and oxygen atoms in total. The van der Waals surface area contributed by atoms with Gasteiger partial charge in [0.2, 0.25) is 0 Å². The quantitative estimate of drug-likeness (QED) is 0.433. The van der Waals surface area contributed by atoms with Crippen LogP contribution in [0.2, 0.25) is 0 Å². The molecule has 2 N–H and O–H groups in total. The van der Waals surface area contributed by atoms with Gasteiger partial charge in [-0.05, 0) is 55.1 Å². The van der Waals surface area contributed by atoms with Crippen LogP contribution < -0.4 is 10.6 Å². The summed E-state index contributed by atoms with van der Waals surface area (Å²) in [5, 5.41) is 7.31. The minimum atomic E-state index is -3.77. The number of rotatable bonds is 6. The molecule has 0 amide bonds. The monoisotopic (exact) mass is 470 g/mol. The maximum Gasteiger partial charge on any atom is 0.269 e. The number of pyridine rings is 1. The van der Waals surface area contributed by atoms with E-state index in [-0.39, 0.29) is 4.90 Å². The standard InChI is InChI=1S/C21H19BrN4O2S/c1-23-12-15-14-26(29(27,28)19-6-3-9-24-13-19)21-11-18(7-8-20(15)21)25-17-5-2-4-16(22)10-17/h2-11,13-14,23,25H,12H2,1H3. The molecule has 0 bridgehead atoms. The zero-order valence-electron chi connectivity index (χ0n) is 15.6. The lowest BCUT2D eigenvalue weighted by molar-refractivity contribution is 0.588. The highest BCUT2D eigenvalue weighted by atomic mass is 79.9. The molecule has 8 heteroatoms. The Labute approximate surface area is 177 Å². The molecule has 4 rings (SSSR count). The lowest BCUT2D eigenvalue weighted by Gasteiger charge is -2.10. The van der Waals surface area contributed by atoms with Crippen LogP contribution in [0.3, 0.4) is 0 Å². The Morgan fingerprint density at radius 1 is 1.07 bits per heavy atom. The van der Waals surface area contributed by atoms with Crippen LogP contribution in [0.5, 0.6) is 0 Å². The molecule has 0 spiro atoms. The third-order valence-corrected chi connectivity index (χ3v) is 6.68. The Morgan fingerprint density at radius 3 is 2.62 bits per heavy atom. The fraction of sp³-hybridized carbons (Fsp3) is 0.0952. The highest BCUT2D eigenvalue weighted by molar-refractivity contribution is 9.10. The largest absolute Gasteiger partial charge is 0.355 e. The Hall–Kier alpha value is -2.68. The first-order chi connectivity index (χ1) is 14.0. The molecule has 0 radical (unpaired) electrons. The molecular weight excluding hydrogens is 452 g/mol. The van der Waals surface area contributed by atoms with Gasteiger partial charge in [-0.25, -0.2) is 12.4 Å². The van der Waals surface area contributed by atoms with E-state index in [0.717, 1.165) is 26.8 Å². The average Bonchev–Trinajstić information content (AvgIpc) is 3.08. The summed E-state index contributed by atoms with van der Waals surface area (Å²) in [6.07, 6.45) is 4.59. The van der Waals surface area contributed by atoms with E-state index in [2.05, 4.69) is 31.5 Å². The second-order valence-electron chi connectivity index (χ2n) is 6.54. The predicted molar refractivity (Wildman–Crippen MR) is 119 cm³/mol. The van der Waals surface area contributed by atoms with Crippen molar-refractivity contribution in [1.29, 1.82) is 0 Å². The van der Waals surface area contributed by atoms with Crippen LogP contribution in [0.25, 0.3) is 10.9 Å². The number of fused-ring (bicyclic) bond motifs is 1. The lowest BCUT2D eigenvalue weighted by atomic mass is 10.1. The minimum Gasteiger partial charge on any atom is -0.355 e. The van der Waals surface area contributed by atoms with Crippen molar-refractivity contribution in [1.82, 2.24) is 14.3 Å².